The molecule has 0 aliphatic rings. The molecular weight excluding hydrogens is 291 g/mol. The number of carboxylic acid groups (broad SMARTS) is 1. The van der Waals surface area contributed by atoms with Crippen LogP contribution in [0.5, 0.6) is 0 Å². The zero-order valence-corrected chi connectivity index (χ0v) is 12.0. The summed E-state index contributed by atoms with van der Waals surface area (Å²) < 4.78 is 0. The van der Waals surface area contributed by atoms with Gasteiger partial charge in [0, 0.05) is 6.20 Å². The van der Waals surface area contributed by atoms with Gasteiger partial charge in [0.2, 0.25) is 0 Å². The summed E-state index contributed by atoms with van der Waals surface area (Å²) in [5.74, 6) is -1.64. The molecule has 0 aliphatic heterocycles. The van der Waals surface area contributed by atoms with Crippen LogP contribution in [0.15, 0.2) is 12.3 Å². The topological polar surface area (TPSA) is 79.3 Å². The second-order valence-corrected chi connectivity index (χ2v) is 5.10. The minimum Gasteiger partial charge on any atom is -0.480 e. The molecule has 7 heteroatoms. The second kappa shape index (κ2) is 6.21. The number of carbonyl (C=O) groups excluding carboxylic acids is 1. The van der Waals surface area contributed by atoms with E-state index in [0.717, 1.165) is 0 Å². The maximum absolute atomic E-state index is 12.0. The highest BCUT2D eigenvalue weighted by molar-refractivity contribution is 6.41. The number of pyridine rings is 1. The van der Waals surface area contributed by atoms with Crippen LogP contribution >= 0.6 is 23.2 Å². The summed E-state index contributed by atoms with van der Waals surface area (Å²) in [6, 6.07) is 1.35. The van der Waals surface area contributed by atoms with Crippen LogP contribution in [0.2, 0.25) is 10.2 Å². The van der Waals surface area contributed by atoms with Crippen molar-refractivity contribution in [2.75, 3.05) is 0 Å². The largest absolute Gasteiger partial charge is 0.480 e. The fraction of sp³-hybridized carbons (Fsp3) is 0.417. The Labute approximate surface area is 120 Å². The highest BCUT2D eigenvalue weighted by Crippen LogP contribution is 2.20. The third-order valence-electron chi connectivity index (χ3n) is 2.67. The van der Waals surface area contributed by atoms with Gasteiger partial charge < -0.3 is 10.4 Å². The van der Waals surface area contributed by atoms with Crippen molar-refractivity contribution in [3.63, 3.8) is 0 Å². The van der Waals surface area contributed by atoms with E-state index in [9.17, 15) is 14.7 Å². The average Bonchev–Trinajstić information content (AvgIpc) is 2.32. The molecule has 2 N–H and O–H groups in total. The molecule has 104 valence electrons. The molecule has 0 bridgehead atoms. The number of aliphatic carboxylic acids is 1. The lowest BCUT2D eigenvalue weighted by Crippen LogP contribution is -2.52. The number of nitrogens with one attached hydrogen (secondary N) is 1. The third-order valence-corrected chi connectivity index (χ3v) is 3.36. The van der Waals surface area contributed by atoms with Gasteiger partial charge in [-0.25, -0.2) is 9.78 Å². The molecule has 1 rings (SSSR count). The van der Waals surface area contributed by atoms with Crippen molar-refractivity contribution in [1.82, 2.24) is 10.3 Å². The smallest absolute Gasteiger partial charge is 0.329 e. The summed E-state index contributed by atoms with van der Waals surface area (Å²) in [4.78, 5) is 27.0. The number of carboxylic acids is 1. The second-order valence-electron chi connectivity index (χ2n) is 4.34. The first-order chi connectivity index (χ1) is 8.80. The van der Waals surface area contributed by atoms with Gasteiger partial charge in [-0.05, 0) is 19.4 Å². The van der Waals surface area contributed by atoms with Gasteiger partial charge in [-0.3, -0.25) is 4.79 Å². The first-order valence-electron chi connectivity index (χ1n) is 5.67. The molecule has 0 fully saturated rings. The van der Waals surface area contributed by atoms with Crippen molar-refractivity contribution < 1.29 is 14.7 Å². The first kappa shape index (κ1) is 15.7. The number of halogens is 2. The molecule has 0 aromatic carbocycles. The lowest BCUT2D eigenvalue weighted by Gasteiger charge is -2.25. The minimum atomic E-state index is -1.32. The molecule has 0 spiro atoms. The van der Waals surface area contributed by atoms with Crippen LogP contribution in [0, 0.1) is 0 Å². The van der Waals surface area contributed by atoms with E-state index in [-0.39, 0.29) is 15.7 Å². The molecule has 0 radical (unpaired) electrons. The van der Waals surface area contributed by atoms with E-state index in [1.807, 2.05) is 6.92 Å². The normalized spacial score (nSPS) is 13.7. The van der Waals surface area contributed by atoms with Crippen LogP contribution in [0.1, 0.15) is 37.0 Å². The highest BCUT2D eigenvalue weighted by Gasteiger charge is 2.34. The van der Waals surface area contributed by atoms with E-state index in [2.05, 4.69) is 10.3 Å². The summed E-state index contributed by atoms with van der Waals surface area (Å²) in [5.41, 5.74) is -1.16. The Morgan fingerprint density at radius 3 is 2.58 bits per heavy atom. The molecular formula is C12H14Cl2N2O3. The van der Waals surface area contributed by atoms with Crippen molar-refractivity contribution in [2.45, 2.75) is 32.2 Å². The summed E-state index contributed by atoms with van der Waals surface area (Å²) in [5, 5.41) is 11.9. The van der Waals surface area contributed by atoms with Crippen LogP contribution in [0.4, 0.5) is 0 Å². The molecule has 0 aliphatic carbocycles. The zero-order chi connectivity index (χ0) is 14.6. The van der Waals surface area contributed by atoms with E-state index in [0.29, 0.717) is 12.8 Å². The van der Waals surface area contributed by atoms with Crippen LogP contribution in [-0.4, -0.2) is 27.5 Å². The number of amides is 1. The average molecular weight is 305 g/mol. The SMILES string of the molecule is CCCC(C)(NC(=O)c1cnc(Cl)c(Cl)c1)C(=O)O. The zero-order valence-electron chi connectivity index (χ0n) is 10.5. The summed E-state index contributed by atoms with van der Waals surface area (Å²) in [6.07, 6.45) is 2.20. The van der Waals surface area contributed by atoms with Crippen LogP contribution in [-0.2, 0) is 4.79 Å². The van der Waals surface area contributed by atoms with Crippen molar-refractivity contribution in [1.29, 1.82) is 0 Å². The molecule has 5 nitrogen and oxygen atoms in total. The van der Waals surface area contributed by atoms with Gasteiger partial charge >= 0.3 is 5.97 Å². The standard InChI is InChI=1S/C12H14Cl2N2O3/c1-3-4-12(2,11(18)19)16-10(17)7-5-8(13)9(14)15-6-7/h5-6H,3-4H2,1-2H3,(H,16,17)(H,18,19). The van der Waals surface area contributed by atoms with Gasteiger partial charge in [0.1, 0.15) is 10.7 Å². The fourth-order valence-corrected chi connectivity index (χ4v) is 1.86. The molecule has 0 saturated carbocycles. The number of hydrogen-bond acceptors (Lipinski definition) is 3. The van der Waals surface area contributed by atoms with Crippen molar-refractivity contribution >= 4 is 35.1 Å². The van der Waals surface area contributed by atoms with Gasteiger partial charge in [0.25, 0.3) is 5.91 Å². The third kappa shape index (κ3) is 3.81. The van der Waals surface area contributed by atoms with E-state index < -0.39 is 17.4 Å². The monoisotopic (exact) mass is 304 g/mol. The Kier molecular flexibility index (Phi) is 5.14. The van der Waals surface area contributed by atoms with E-state index in [4.69, 9.17) is 23.2 Å². The Morgan fingerprint density at radius 2 is 2.11 bits per heavy atom. The van der Waals surface area contributed by atoms with Crippen molar-refractivity contribution in [3.8, 4) is 0 Å². The Balaban J connectivity index is 2.94. The van der Waals surface area contributed by atoms with Crippen LogP contribution in [0.25, 0.3) is 0 Å². The van der Waals surface area contributed by atoms with Crippen LogP contribution in [0.3, 0.4) is 0 Å². The number of nitrogens with zero attached hydrogens (tertiary/aromatic N) is 1. The quantitative estimate of drug-likeness (QED) is 0.820. The lowest BCUT2D eigenvalue weighted by atomic mass is 9.96. The molecule has 1 heterocycles. The number of rotatable bonds is 5. The Morgan fingerprint density at radius 1 is 1.47 bits per heavy atom. The minimum absolute atomic E-state index is 0.0905. The molecule has 1 amide bonds. The lowest BCUT2D eigenvalue weighted by molar-refractivity contribution is -0.144. The summed E-state index contributed by atoms with van der Waals surface area (Å²) >= 11 is 11.4. The predicted octanol–water partition coefficient (Wildman–Crippen LogP) is 2.76. The van der Waals surface area contributed by atoms with Gasteiger partial charge in [0.05, 0.1) is 10.6 Å². The van der Waals surface area contributed by atoms with Crippen molar-refractivity contribution in [2.24, 2.45) is 0 Å². The molecule has 1 aromatic rings. The number of hydrogen-bond donors (Lipinski definition) is 2. The summed E-state index contributed by atoms with van der Waals surface area (Å²) in [7, 11) is 0. The number of aromatic nitrogens is 1. The number of carbonyl (C=O) groups is 2. The molecule has 1 atom stereocenters. The Hall–Kier alpha value is -1.33. The first-order valence-corrected chi connectivity index (χ1v) is 6.42. The molecule has 19 heavy (non-hydrogen) atoms. The maximum atomic E-state index is 12.0. The maximum Gasteiger partial charge on any atom is 0.329 e. The summed E-state index contributed by atoms with van der Waals surface area (Å²) in [6.45, 7) is 3.30. The predicted molar refractivity (Wildman–Crippen MR) is 72.7 cm³/mol. The van der Waals surface area contributed by atoms with E-state index >= 15 is 0 Å². The van der Waals surface area contributed by atoms with Gasteiger partial charge in [-0.15, -0.1) is 0 Å². The van der Waals surface area contributed by atoms with Gasteiger partial charge in [-0.1, -0.05) is 36.5 Å². The molecule has 1 aromatic heterocycles. The molecule has 0 saturated heterocycles. The Bertz CT molecular complexity index is 508. The highest BCUT2D eigenvalue weighted by atomic mass is 35.5. The van der Waals surface area contributed by atoms with Crippen LogP contribution < -0.4 is 5.32 Å². The molecule has 1 unspecified atom stereocenters. The van der Waals surface area contributed by atoms with E-state index in [1.54, 1.807) is 0 Å². The van der Waals surface area contributed by atoms with Gasteiger partial charge in [0.15, 0.2) is 0 Å². The van der Waals surface area contributed by atoms with Crippen molar-refractivity contribution in [3.05, 3.63) is 28.0 Å². The van der Waals surface area contributed by atoms with E-state index in [1.165, 1.54) is 19.2 Å². The van der Waals surface area contributed by atoms with Gasteiger partial charge in [-0.2, -0.15) is 0 Å². The fourth-order valence-electron chi connectivity index (χ4n) is 1.59.